The fraction of sp³-hybridized carbons (Fsp3) is 0.929. The molecule has 0 saturated carbocycles. The van der Waals surface area contributed by atoms with Crippen LogP contribution in [0.5, 0.6) is 0 Å². The van der Waals surface area contributed by atoms with Crippen LogP contribution >= 0.6 is 0 Å². The zero-order chi connectivity index (χ0) is 16.4. The van der Waals surface area contributed by atoms with E-state index in [2.05, 4.69) is 10.0 Å². The van der Waals surface area contributed by atoms with Crippen molar-refractivity contribution in [1.82, 2.24) is 14.3 Å². The first-order chi connectivity index (χ1) is 9.40. The molecule has 1 amide bonds. The number of rotatable bonds is 4. The molecule has 3 atom stereocenters. The van der Waals surface area contributed by atoms with Crippen molar-refractivity contribution in [1.29, 1.82) is 0 Å². The van der Waals surface area contributed by atoms with Gasteiger partial charge in [-0.25, -0.2) is 0 Å². The van der Waals surface area contributed by atoms with Gasteiger partial charge in [0, 0.05) is 18.6 Å². The van der Waals surface area contributed by atoms with Gasteiger partial charge in [-0.2, -0.15) is 17.4 Å². The van der Waals surface area contributed by atoms with Crippen molar-refractivity contribution in [3.8, 4) is 0 Å². The average Bonchev–Trinajstić information content (AvgIpc) is 2.24. The van der Waals surface area contributed by atoms with Gasteiger partial charge in [-0.3, -0.25) is 4.79 Å². The van der Waals surface area contributed by atoms with Gasteiger partial charge in [0.25, 0.3) is 10.2 Å². The molecule has 0 radical (unpaired) electrons. The van der Waals surface area contributed by atoms with Crippen LogP contribution in [0, 0.1) is 11.8 Å². The third-order valence-corrected chi connectivity index (χ3v) is 5.02. The Morgan fingerprint density at radius 3 is 2.10 bits per heavy atom. The van der Waals surface area contributed by atoms with Crippen LogP contribution < -0.4 is 10.0 Å². The lowest BCUT2D eigenvalue weighted by atomic mass is 9.94. The van der Waals surface area contributed by atoms with E-state index in [4.69, 9.17) is 0 Å². The van der Waals surface area contributed by atoms with Crippen molar-refractivity contribution >= 4 is 16.1 Å². The number of nitrogens with zero attached hydrogens (tertiary/aromatic N) is 1. The highest BCUT2D eigenvalue weighted by molar-refractivity contribution is 7.87. The summed E-state index contributed by atoms with van der Waals surface area (Å²) in [7, 11) is -3.63. The van der Waals surface area contributed by atoms with E-state index in [0.29, 0.717) is 24.9 Å². The van der Waals surface area contributed by atoms with Crippen LogP contribution in [0.4, 0.5) is 0 Å². The molecule has 3 unspecified atom stereocenters. The Bertz CT molecular complexity index is 460. The van der Waals surface area contributed by atoms with E-state index in [-0.39, 0.29) is 11.4 Å². The minimum Gasteiger partial charge on any atom is -0.350 e. The first-order valence-corrected chi connectivity index (χ1v) is 8.94. The van der Waals surface area contributed by atoms with Gasteiger partial charge in [0.1, 0.15) is 0 Å². The first kappa shape index (κ1) is 18.4. The van der Waals surface area contributed by atoms with E-state index in [9.17, 15) is 13.2 Å². The minimum absolute atomic E-state index is 0.316. The van der Waals surface area contributed by atoms with Crippen molar-refractivity contribution in [2.24, 2.45) is 11.8 Å². The summed E-state index contributed by atoms with van der Waals surface area (Å²) in [6, 6.07) is -0.790. The molecule has 0 aromatic carbocycles. The van der Waals surface area contributed by atoms with Crippen LogP contribution in [0.3, 0.4) is 0 Å². The highest BCUT2D eigenvalue weighted by Gasteiger charge is 2.32. The molecule has 1 heterocycles. The average molecular weight is 319 g/mol. The van der Waals surface area contributed by atoms with Gasteiger partial charge in [-0.15, -0.1) is 0 Å². The quantitative estimate of drug-likeness (QED) is 0.814. The molecule has 0 aromatic heterocycles. The number of amides is 1. The second-order valence-corrected chi connectivity index (χ2v) is 9.05. The molecule has 1 rings (SSSR count). The summed E-state index contributed by atoms with van der Waals surface area (Å²) in [5, 5.41) is 2.78. The van der Waals surface area contributed by atoms with Crippen LogP contribution in [0.25, 0.3) is 0 Å². The Morgan fingerprint density at radius 2 is 1.67 bits per heavy atom. The number of carbonyl (C=O) groups excluding carboxylic acids is 1. The summed E-state index contributed by atoms with van der Waals surface area (Å²) >= 11 is 0. The fourth-order valence-corrected chi connectivity index (χ4v) is 4.24. The number of hydrogen-bond donors (Lipinski definition) is 2. The molecular weight excluding hydrogens is 290 g/mol. The van der Waals surface area contributed by atoms with Gasteiger partial charge in [0.05, 0.1) is 6.04 Å². The third-order valence-electron chi connectivity index (χ3n) is 3.39. The maximum Gasteiger partial charge on any atom is 0.280 e. The summed E-state index contributed by atoms with van der Waals surface area (Å²) in [6.45, 7) is 12.3. The normalized spacial score (nSPS) is 26.4. The van der Waals surface area contributed by atoms with Crippen LogP contribution in [0.15, 0.2) is 0 Å². The highest BCUT2D eigenvalue weighted by atomic mass is 32.2. The zero-order valence-electron chi connectivity index (χ0n) is 13.9. The van der Waals surface area contributed by atoms with Crippen LogP contribution in [-0.4, -0.2) is 43.3 Å². The summed E-state index contributed by atoms with van der Waals surface area (Å²) in [6.07, 6.45) is 1.03. The van der Waals surface area contributed by atoms with Gasteiger partial charge in [-0.05, 0) is 46.0 Å². The van der Waals surface area contributed by atoms with E-state index in [1.165, 1.54) is 4.31 Å². The van der Waals surface area contributed by atoms with Crippen molar-refractivity contribution in [2.45, 2.75) is 59.5 Å². The molecule has 1 saturated heterocycles. The third kappa shape index (κ3) is 5.92. The summed E-state index contributed by atoms with van der Waals surface area (Å²) in [4.78, 5) is 12.0. The van der Waals surface area contributed by atoms with Gasteiger partial charge < -0.3 is 5.32 Å². The first-order valence-electron chi connectivity index (χ1n) is 7.50. The van der Waals surface area contributed by atoms with Crippen LogP contribution in [0.1, 0.15) is 48.0 Å². The Morgan fingerprint density at radius 1 is 1.19 bits per heavy atom. The standard InChI is InChI=1S/C14H29N3O3S/c1-10-7-11(2)9-17(8-10)21(19,20)16-12(3)13(18)15-14(4,5)6/h10-12,16H,7-9H2,1-6H3,(H,15,18). The lowest BCUT2D eigenvalue weighted by Gasteiger charge is -2.34. The van der Waals surface area contributed by atoms with E-state index < -0.39 is 16.3 Å². The predicted octanol–water partition coefficient (Wildman–Crippen LogP) is 1.10. The van der Waals surface area contributed by atoms with Gasteiger partial charge in [0.15, 0.2) is 0 Å². The largest absolute Gasteiger partial charge is 0.350 e. The predicted molar refractivity (Wildman–Crippen MR) is 83.9 cm³/mol. The second-order valence-electron chi connectivity index (χ2n) is 7.35. The summed E-state index contributed by atoms with van der Waals surface area (Å²) < 4.78 is 28.7. The molecule has 1 aliphatic heterocycles. The van der Waals surface area contributed by atoms with Crippen LogP contribution in [-0.2, 0) is 15.0 Å². The molecule has 0 aromatic rings. The van der Waals surface area contributed by atoms with E-state index in [1.54, 1.807) is 6.92 Å². The smallest absolute Gasteiger partial charge is 0.280 e. The van der Waals surface area contributed by atoms with Crippen molar-refractivity contribution in [2.75, 3.05) is 13.1 Å². The maximum atomic E-state index is 12.4. The van der Waals surface area contributed by atoms with E-state index >= 15 is 0 Å². The summed E-state index contributed by atoms with van der Waals surface area (Å²) in [5.41, 5.74) is -0.384. The Hall–Kier alpha value is -0.660. The molecule has 7 heteroatoms. The Labute approximate surface area is 128 Å². The highest BCUT2D eigenvalue weighted by Crippen LogP contribution is 2.22. The molecule has 21 heavy (non-hydrogen) atoms. The molecule has 0 spiro atoms. The molecular formula is C14H29N3O3S. The van der Waals surface area contributed by atoms with Gasteiger partial charge >= 0.3 is 0 Å². The topological polar surface area (TPSA) is 78.5 Å². The minimum atomic E-state index is -3.63. The molecule has 6 nitrogen and oxygen atoms in total. The van der Waals surface area contributed by atoms with Crippen LogP contribution in [0.2, 0.25) is 0 Å². The Balaban J connectivity index is 2.69. The molecule has 0 aliphatic carbocycles. The molecule has 1 fully saturated rings. The lowest BCUT2D eigenvalue weighted by molar-refractivity contribution is -0.123. The van der Waals surface area contributed by atoms with Crippen molar-refractivity contribution in [3.63, 3.8) is 0 Å². The van der Waals surface area contributed by atoms with E-state index in [1.807, 2.05) is 34.6 Å². The molecule has 1 aliphatic rings. The Kier molecular flexibility index (Phi) is 5.80. The molecule has 0 bridgehead atoms. The van der Waals surface area contributed by atoms with E-state index in [0.717, 1.165) is 6.42 Å². The fourth-order valence-electron chi connectivity index (χ4n) is 2.63. The number of hydrogen-bond acceptors (Lipinski definition) is 3. The number of nitrogens with one attached hydrogen (secondary N) is 2. The van der Waals surface area contributed by atoms with Gasteiger partial charge in [-0.1, -0.05) is 13.8 Å². The van der Waals surface area contributed by atoms with Crippen molar-refractivity contribution < 1.29 is 13.2 Å². The van der Waals surface area contributed by atoms with Gasteiger partial charge in [0.2, 0.25) is 5.91 Å². The number of carbonyl (C=O) groups is 1. The number of piperidine rings is 1. The monoisotopic (exact) mass is 319 g/mol. The summed E-state index contributed by atoms with van der Waals surface area (Å²) in [5.74, 6) is 0.359. The SMILES string of the molecule is CC1CC(C)CN(S(=O)(=O)NC(C)C(=O)NC(C)(C)C)C1. The second kappa shape index (κ2) is 6.62. The lowest BCUT2D eigenvalue weighted by Crippen LogP contribution is -2.55. The maximum absolute atomic E-state index is 12.4. The van der Waals surface area contributed by atoms with Crippen molar-refractivity contribution in [3.05, 3.63) is 0 Å². The molecule has 124 valence electrons. The molecule has 2 N–H and O–H groups in total. The zero-order valence-corrected chi connectivity index (χ0v) is 14.8.